The zero-order valence-corrected chi connectivity index (χ0v) is 13.4. The largest absolute Gasteiger partial charge is 0.349 e. The van der Waals surface area contributed by atoms with Crippen molar-refractivity contribution in [1.82, 2.24) is 15.3 Å². The summed E-state index contributed by atoms with van der Waals surface area (Å²) in [6, 6.07) is 11.7. The number of pyridine rings is 1. The molecule has 3 rings (SSSR count). The third kappa shape index (κ3) is 3.14. The van der Waals surface area contributed by atoms with Crippen LogP contribution in [0.25, 0.3) is 10.2 Å². The van der Waals surface area contributed by atoms with Gasteiger partial charge in [-0.25, -0.2) is 4.98 Å². The molecule has 0 aliphatic rings. The molecule has 22 heavy (non-hydrogen) atoms. The van der Waals surface area contributed by atoms with E-state index in [0.29, 0.717) is 5.56 Å². The maximum absolute atomic E-state index is 12.3. The third-order valence-electron chi connectivity index (χ3n) is 3.45. The molecule has 1 amide bonds. The number of carbonyl (C=O) groups is 1. The van der Waals surface area contributed by atoms with Crippen LogP contribution in [0.1, 0.15) is 28.0 Å². The van der Waals surface area contributed by atoms with Gasteiger partial charge in [0.05, 0.1) is 20.8 Å². The Labute approximate surface area is 133 Å². The zero-order chi connectivity index (χ0) is 15.5. The SMILES string of the molecule is Cc1ncccc1C(=O)N[C@@H](C)Cc1nc2ccccc2s1. The van der Waals surface area contributed by atoms with E-state index >= 15 is 0 Å². The number of amides is 1. The molecule has 5 heteroatoms. The van der Waals surface area contributed by atoms with Gasteiger partial charge in [0, 0.05) is 24.4 Å². The standard InChI is InChI=1S/C17H17N3OS/c1-11(19-17(21)13-6-5-9-18-12(13)2)10-16-20-14-7-3-4-8-15(14)22-16/h3-9,11H,10H2,1-2H3,(H,19,21)/t11-/m0/s1. The summed E-state index contributed by atoms with van der Waals surface area (Å²) >= 11 is 1.68. The van der Waals surface area contributed by atoms with Crippen LogP contribution in [0, 0.1) is 6.92 Å². The van der Waals surface area contributed by atoms with Crippen LogP contribution in [0.5, 0.6) is 0 Å². The van der Waals surface area contributed by atoms with Gasteiger partial charge in [-0.05, 0) is 38.1 Å². The number of aromatic nitrogens is 2. The van der Waals surface area contributed by atoms with Crippen LogP contribution in [0.2, 0.25) is 0 Å². The number of rotatable bonds is 4. The highest BCUT2D eigenvalue weighted by Gasteiger charge is 2.14. The average molecular weight is 311 g/mol. The second-order valence-electron chi connectivity index (χ2n) is 5.29. The molecule has 4 nitrogen and oxygen atoms in total. The maximum Gasteiger partial charge on any atom is 0.253 e. The molecule has 0 spiro atoms. The van der Waals surface area contributed by atoms with Gasteiger partial charge in [-0.2, -0.15) is 0 Å². The second kappa shape index (κ2) is 6.23. The molecule has 0 saturated heterocycles. The van der Waals surface area contributed by atoms with E-state index in [0.717, 1.165) is 22.6 Å². The molecule has 0 fully saturated rings. The van der Waals surface area contributed by atoms with E-state index in [9.17, 15) is 4.79 Å². The minimum absolute atomic E-state index is 0.0210. The Hall–Kier alpha value is -2.27. The molecule has 0 radical (unpaired) electrons. The second-order valence-corrected chi connectivity index (χ2v) is 6.41. The first kappa shape index (κ1) is 14.7. The van der Waals surface area contributed by atoms with Gasteiger partial charge < -0.3 is 5.32 Å². The molecule has 0 aliphatic carbocycles. The minimum atomic E-state index is -0.0841. The average Bonchev–Trinajstić information content (AvgIpc) is 2.89. The normalized spacial score (nSPS) is 12.3. The first-order valence-electron chi connectivity index (χ1n) is 7.20. The lowest BCUT2D eigenvalue weighted by Crippen LogP contribution is -2.34. The number of fused-ring (bicyclic) bond motifs is 1. The molecule has 1 N–H and O–H groups in total. The fourth-order valence-electron chi connectivity index (χ4n) is 2.35. The van der Waals surface area contributed by atoms with Crippen molar-refractivity contribution in [3.8, 4) is 0 Å². The summed E-state index contributed by atoms with van der Waals surface area (Å²) < 4.78 is 1.18. The van der Waals surface area contributed by atoms with Crippen LogP contribution >= 0.6 is 11.3 Å². The number of aryl methyl sites for hydroxylation is 1. The summed E-state index contributed by atoms with van der Waals surface area (Å²) in [4.78, 5) is 21.0. The highest BCUT2D eigenvalue weighted by atomic mass is 32.1. The van der Waals surface area contributed by atoms with Gasteiger partial charge in [0.25, 0.3) is 5.91 Å². The summed E-state index contributed by atoms with van der Waals surface area (Å²) in [5.74, 6) is -0.0841. The Balaban J connectivity index is 1.68. The quantitative estimate of drug-likeness (QED) is 0.804. The molecule has 0 aliphatic heterocycles. The highest BCUT2D eigenvalue weighted by Crippen LogP contribution is 2.22. The summed E-state index contributed by atoms with van der Waals surface area (Å²) in [5, 5.41) is 4.06. The zero-order valence-electron chi connectivity index (χ0n) is 12.5. The molecule has 0 unspecified atom stereocenters. The third-order valence-corrected chi connectivity index (χ3v) is 4.51. The molecular weight excluding hydrogens is 294 g/mol. The van der Waals surface area contributed by atoms with Crippen molar-refractivity contribution < 1.29 is 4.79 Å². The van der Waals surface area contributed by atoms with Crippen LogP contribution in [0.4, 0.5) is 0 Å². The van der Waals surface area contributed by atoms with Crippen molar-refractivity contribution in [2.75, 3.05) is 0 Å². The first-order valence-corrected chi connectivity index (χ1v) is 8.02. The van der Waals surface area contributed by atoms with E-state index in [1.807, 2.05) is 32.0 Å². The molecule has 1 atom stereocenters. The molecule has 2 aromatic heterocycles. The Morgan fingerprint density at radius 3 is 2.86 bits per heavy atom. The smallest absolute Gasteiger partial charge is 0.253 e. The lowest BCUT2D eigenvalue weighted by Gasteiger charge is -2.13. The van der Waals surface area contributed by atoms with Crippen molar-refractivity contribution >= 4 is 27.5 Å². The van der Waals surface area contributed by atoms with Crippen molar-refractivity contribution in [2.24, 2.45) is 0 Å². The molecule has 0 bridgehead atoms. The summed E-state index contributed by atoms with van der Waals surface area (Å²) in [5.41, 5.74) is 2.38. The predicted octanol–water partition coefficient (Wildman–Crippen LogP) is 3.36. The van der Waals surface area contributed by atoms with Crippen LogP contribution in [-0.2, 0) is 6.42 Å². The number of nitrogens with zero attached hydrogens (tertiary/aromatic N) is 2. The number of hydrogen-bond acceptors (Lipinski definition) is 4. The number of nitrogens with one attached hydrogen (secondary N) is 1. The highest BCUT2D eigenvalue weighted by molar-refractivity contribution is 7.18. The Morgan fingerprint density at radius 2 is 2.09 bits per heavy atom. The van der Waals surface area contributed by atoms with E-state index in [2.05, 4.69) is 21.4 Å². The van der Waals surface area contributed by atoms with Gasteiger partial charge in [0.15, 0.2) is 0 Å². The lowest BCUT2D eigenvalue weighted by molar-refractivity contribution is 0.0939. The molecule has 112 valence electrons. The fraction of sp³-hybridized carbons (Fsp3) is 0.235. The lowest BCUT2D eigenvalue weighted by atomic mass is 10.1. The monoisotopic (exact) mass is 311 g/mol. The van der Waals surface area contributed by atoms with Crippen LogP contribution in [0.3, 0.4) is 0 Å². The Morgan fingerprint density at radius 1 is 1.27 bits per heavy atom. The molecule has 2 heterocycles. The number of carbonyl (C=O) groups excluding carboxylic acids is 1. The molecule has 0 saturated carbocycles. The van der Waals surface area contributed by atoms with Crippen molar-refractivity contribution in [2.45, 2.75) is 26.3 Å². The Bertz CT molecular complexity index is 779. The van der Waals surface area contributed by atoms with Gasteiger partial charge in [0.1, 0.15) is 0 Å². The van der Waals surface area contributed by atoms with E-state index in [-0.39, 0.29) is 11.9 Å². The van der Waals surface area contributed by atoms with E-state index in [4.69, 9.17) is 0 Å². The molecular formula is C17H17N3OS. The van der Waals surface area contributed by atoms with Gasteiger partial charge in [-0.15, -0.1) is 11.3 Å². The van der Waals surface area contributed by atoms with Gasteiger partial charge in [0.2, 0.25) is 0 Å². The van der Waals surface area contributed by atoms with Gasteiger partial charge in [-0.3, -0.25) is 9.78 Å². The topological polar surface area (TPSA) is 54.9 Å². The molecule has 3 aromatic rings. The van der Waals surface area contributed by atoms with Crippen molar-refractivity contribution in [1.29, 1.82) is 0 Å². The number of thiazole rings is 1. The minimum Gasteiger partial charge on any atom is -0.349 e. The maximum atomic E-state index is 12.3. The first-order chi connectivity index (χ1) is 10.6. The summed E-state index contributed by atoms with van der Waals surface area (Å²) in [6.07, 6.45) is 2.42. The van der Waals surface area contributed by atoms with Gasteiger partial charge >= 0.3 is 0 Å². The van der Waals surface area contributed by atoms with Crippen molar-refractivity contribution in [3.05, 3.63) is 58.9 Å². The van der Waals surface area contributed by atoms with Crippen LogP contribution in [0.15, 0.2) is 42.6 Å². The van der Waals surface area contributed by atoms with E-state index < -0.39 is 0 Å². The number of para-hydroxylation sites is 1. The van der Waals surface area contributed by atoms with Crippen LogP contribution in [-0.4, -0.2) is 21.9 Å². The summed E-state index contributed by atoms with van der Waals surface area (Å²) in [6.45, 7) is 3.84. The fourth-order valence-corrected chi connectivity index (χ4v) is 3.44. The summed E-state index contributed by atoms with van der Waals surface area (Å²) in [7, 11) is 0. The predicted molar refractivity (Wildman–Crippen MR) is 89.2 cm³/mol. The van der Waals surface area contributed by atoms with Gasteiger partial charge in [-0.1, -0.05) is 12.1 Å². The van der Waals surface area contributed by atoms with Crippen LogP contribution < -0.4 is 5.32 Å². The van der Waals surface area contributed by atoms with Crippen molar-refractivity contribution in [3.63, 3.8) is 0 Å². The van der Waals surface area contributed by atoms with E-state index in [1.165, 1.54) is 4.70 Å². The Kier molecular flexibility index (Phi) is 4.15. The number of benzene rings is 1. The number of hydrogen-bond donors (Lipinski definition) is 1. The molecule has 1 aromatic carbocycles. The van der Waals surface area contributed by atoms with E-state index in [1.54, 1.807) is 29.7 Å².